The lowest BCUT2D eigenvalue weighted by atomic mass is 9.95. The van der Waals surface area contributed by atoms with E-state index in [1.165, 1.54) is 5.56 Å². The van der Waals surface area contributed by atoms with Crippen molar-refractivity contribution in [3.05, 3.63) is 17.7 Å². The van der Waals surface area contributed by atoms with Gasteiger partial charge in [-0.05, 0) is 24.0 Å². The number of aliphatic hydroxyl groups is 1. The van der Waals surface area contributed by atoms with Gasteiger partial charge in [0.05, 0.1) is 14.2 Å². The molecule has 0 amide bonds. The number of hydrogen-bond acceptors (Lipinski definition) is 5. The molecule has 5 heteroatoms. The summed E-state index contributed by atoms with van der Waals surface area (Å²) in [7, 11) is 3.28. The van der Waals surface area contributed by atoms with Gasteiger partial charge in [0.15, 0.2) is 11.5 Å². The van der Waals surface area contributed by atoms with Crippen molar-refractivity contribution in [2.24, 2.45) is 5.41 Å². The smallest absolute Gasteiger partial charge is 0.161 e. The first-order valence-corrected chi connectivity index (χ1v) is 7.80. The average molecular weight is 299 g/mol. The van der Waals surface area contributed by atoms with Crippen LogP contribution < -0.4 is 14.8 Å². The molecule has 0 heterocycles. The van der Waals surface area contributed by atoms with Crippen molar-refractivity contribution in [3.8, 4) is 11.5 Å². The lowest BCUT2D eigenvalue weighted by Crippen LogP contribution is -2.32. The molecule has 114 valence electrons. The Morgan fingerprint density at radius 3 is 2.30 bits per heavy atom. The summed E-state index contributed by atoms with van der Waals surface area (Å²) >= 11 is 1.68. The molecule has 0 radical (unpaired) electrons. The fourth-order valence-electron chi connectivity index (χ4n) is 1.82. The minimum Gasteiger partial charge on any atom is -0.493 e. The zero-order chi connectivity index (χ0) is 15.2. The van der Waals surface area contributed by atoms with Crippen molar-refractivity contribution in [1.29, 1.82) is 0 Å². The second kappa shape index (κ2) is 7.76. The van der Waals surface area contributed by atoms with Crippen LogP contribution in [0.1, 0.15) is 19.4 Å². The molecule has 0 aromatic heterocycles. The largest absolute Gasteiger partial charge is 0.493 e. The second-order valence-electron chi connectivity index (χ2n) is 5.44. The molecule has 1 aromatic carbocycles. The first-order valence-electron chi connectivity index (χ1n) is 6.58. The van der Waals surface area contributed by atoms with E-state index in [9.17, 15) is 5.11 Å². The maximum Gasteiger partial charge on any atom is 0.161 e. The van der Waals surface area contributed by atoms with Gasteiger partial charge in [0, 0.05) is 30.0 Å². The highest BCUT2D eigenvalue weighted by atomic mass is 32.2. The molecule has 4 nitrogen and oxygen atoms in total. The van der Waals surface area contributed by atoms with E-state index in [-0.39, 0.29) is 12.0 Å². The molecule has 0 atom stereocenters. The molecule has 0 saturated heterocycles. The normalized spacial score (nSPS) is 11.5. The third-order valence-electron chi connectivity index (χ3n) is 3.13. The van der Waals surface area contributed by atoms with Gasteiger partial charge in [-0.1, -0.05) is 13.8 Å². The molecule has 0 bridgehead atoms. The first kappa shape index (κ1) is 17.1. The van der Waals surface area contributed by atoms with Gasteiger partial charge in [0.1, 0.15) is 0 Å². The van der Waals surface area contributed by atoms with Crippen molar-refractivity contribution >= 4 is 11.8 Å². The van der Waals surface area contributed by atoms with E-state index in [0.717, 1.165) is 29.5 Å². The van der Waals surface area contributed by atoms with Crippen molar-refractivity contribution in [1.82, 2.24) is 5.32 Å². The summed E-state index contributed by atoms with van der Waals surface area (Å²) in [6, 6.07) is 4.00. The third-order valence-corrected chi connectivity index (χ3v) is 3.95. The Hall–Kier alpha value is -0.910. The molecule has 0 aliphatic carbocycles. The molecule has 1 rings (SSSR count). The highest BCUT2D eigenvalue weighted by Crippen LogP contribution is 2.34. The van der Waals surface area contributed by atoms with Crippen LogP contribution in [0.15, 0.2) is 17.0 Å². The highest BCUT2D eigenvalue weighted by Gasteiger charge is 2.16. The topological polar surface area (TPSA) is 50.7 Å². The Morgan fingerprint density at radius 1 is 1.20 bits per heavy atom. The molecule has 1 aromatic rings. The molecule has 0 spiro atoms. The second-order valence-corrected chi connectivity index (χ2v) is 6.29. The number of methoxy groups -OCH3 is 2. The van der Waals surface area contributed by atoms with E-state index >= 15 is 0 Å². The van der Waals surface area contributed by atoms with E-state index in [4.69, 9.17) is 9.47 Å². The van der Waals surface area contributed by atoms with Crippen molar-refractivity contribution < 1.29 is 14.6 Å². The van der Waals surface area contributed by atoms with Gasteiger partial charge in [-0.3, -0.25) is 0 Å². The molecule has 0 unspecified atom stereocenters. The zero-order valence-corrected chi connectivity index (χ0v) is 13.8. The van der Waals surface area contributed by atoms with Crippen LogP contribution in [0.2, 0.25) is 0 Å². The molecule has 0 saturated carbocycles. The molecule has 0 fully saturated rings. The summed E-state index contributed by atoms with van der Waals surface area (Å²) in [6.45, 7) is 5.72. The molecule has 20 heavy (non-hydrogen) atoms. The Kier molecular flexibility index (Phi) is 6.65. The van der Waals surface area contributed by atoms with Gasteiger partial charge < -0.3 is 19.9 Å². The number of ether oxygens (including phenoxy) is 2. The minimum atomic E-state index is -0.115. The number of hydrogen-bond donors (Lipinski definition) is 2. The average Bonchev–Trinajstić information content (AvgIpc) is 2.46. The molecule has 0 aliphatic rings. The number of nitrogens with one attached hydrogen (secondary N) is 1. The van der Waals surface area contributed by atoms with Crippen LogP contribution in [0.3, 0.4) is 0 Å². The van der Waals surface area contributed by atoms with Crippen LogP contribution in [0, 0.1) is 5.41 Å². The van der Waals surface area contributed by atoms with Crippen molar-refractivity contribution in [2.45, 2.75) is 25.3 Å². The van der Waals surface area contributed by atoms with Crippen molar-refractivity contribution in [2.75, 3.05) is 33.6 Å². The van der Waals surface area contributed by atoms with Gasteiger partial charge >= 0.3 is 0 Å². The predicted molar refractivity (Wildman–Crippen MR) is 83.9 cm³/mol. The molecule has 0 aliphatic heterocycles. The SMILES string of the molecule is COc1cc(CNCC(C)(C)CO)c(SC)cc1OC. The maximum absolute atomic E-state index is 9.26. The fraction of sp³-hybridized carbons (Fsp3) is 0.600. The summed E-state index contributed by atoms with van der Waals surface area (Å²) in [5.41, 5.74) is 1.06. The summed E-state index contributed by atoms with van der Waals surface area (Å²) in [6.07, 6.45) is 2.04. The van der Waals surface area contributed by atoms with Crippen LogP contribution in [0.4, 0.5) is 0 Å². The standard InChI is InChI=1S/C15H25NO3S/c1-15(2,10-17)9-16-8-11-6-12(18-3)13(19-4)7-14(11)20-5/h6-7,16-17H,8-10H2,1-5H3. The molecule has 2 N–H and O–H groups in total. The number of benzene rings is 1. The number of aliphatic hydroxyl groups excluding tert-OH is 1. The van der Waals surface area contributed by atoms with E-state index < -0.39 is 0 Å². The van der Waals surface area contributed by atoms with Gasteiger partial charge in [-0.15, -0.1) is 11.8 Å². The minimum absolute atomic E-state index is 0.115. The van der Waals surface area contributed by atoms with E-state index in [2.05, 4.69) is 5.32 Å². The number of thioether (sulfide) groups is 1. The Balaban J connectivity index is 2.83. The molecular formula is C15H25NO3S. The lowest BCUT2D eigenvalue weighted by Gasteiger charge is -2.22. The summed E-state index contributed by atoms with van der Waals surface area (Å²) in [5, 5.41) is 12.6. The molecular weight excluding hydrogens is 274 g/mol. The summed E-state index contributed by atoms with van der Waals surface area (Å²) in [5.74, 6) is 1.49. The van der Waals surface area contributed by atoms with E-state index in [1.807, 2.05) is 32.2 Å². The Labute approximate surface area is 125 Å². The van der Waals surface area contributed by atoms with Crippen molar-refractivity contribution in [3.63, 3.8) is 0 Å². The van der Waals surface area contributed by atoms with Crippen LogP contribution in [0.25, 0.3) is 0 Å². The van der Waals surface area contributed by atoms with Crippen LogP contribution in [0.5, 0.6) is 11.5 Å². The third kappa shape index (κ3) is 4.58. The Morgan fingerprint density at radius 2 is 1.80 bits per heavy atom. The fourth-order valence-corrected chi connectivity index (χ4v) is 2.44. The van der Waals surface area contributed by atoms with Gasteiger partial charge in [-0.2, -0.15) is 0 Å². The first-order chi connectivity index (χ1) is 9.47. The van der Waals surface area contributed by atoms with Gasteiger partial charge in [0.25, 0.3) is 0 Å². The van der Waals surface area contributed by atoms with E-state index in [0.29, 0.717) is 0 Å². The predicted octanol–water partition coefficient (Wildman–Crippen LogP) is 2.53. The van der Waals surface area contributed by atoms with Gasteiger partial charge in [0.2, 0.25) is 0 Å². The number of rotatable bonds is 8. The Bertz CT molecular complexity index is 435. The van der Waals surface area contributed by atoms with Gasteiger partial charge in [-0.25, -0.2) is 0 Å². The summed E-state index contributed by atoms with van der Waals surface area (Å²) in [4.78, 5) is 1.16. The highest BCUT2D eigenvalue weighted by molar-refractivity contribution is 7.98. The lowest BCUT2D eigenvalue weighted by molar-refractivity contribution is 0.156. The van der Waals surface area contributed by atoms with Crippen LogP contribution >= 0.6 is 11.8 Å². The maximum atomic E-state index is 9.26. The zero-order valence-electron chi connectivity index (χ0n) is 12.9. The summed E-state index contributed by atoms with van der Waals surface area (Å²) < 4.78 is 10.7. The van der Waals surface area contributed by atoms with E-state index in [1.54, 1.807) is 26.0 Å². The van der Waals surface area contributed by atoms with Crippen LogP contribution in [-0.2, 0) is 6.54 Å². The quantitative estimate of drug-likeness (QED) is 0.723. The monoisotopic (exact) mass is 299 g/mol. The van der Waals surface area contributed by atoms with Crippen LogP contribution in [-0.4, -0.2) is 38.7 Å².